The molecule has 0 radical (unpaired) electrons. The molecule has 5 heteroatoms. The molecule has 0 spiro atoms. The Morgan fingerprint density at radius 3 is 2.71 bits per heavy atom. The van der Waals surface area contributed by atoms with Crippen LogP contribution in [0.5, 0.6) is 11.5 Å². The van der Waals surface area contributed by atoms with E-state index in [2.05, 4.69) is 20.8 Å². The zero-order chi connectivity index (χ0) is 15.2. The van der Waals surface area contributed by atoms with Gasteiger partial charge < -0.3 is 14.6 Å². The minimum Gasteiger partial charge on any atom is -0.496 e. The van der Waals surface area contributed by atoms with Crippen LogP contribution >= 0.6 is 15.9 Å². The highest BCUT2D eigenvalue weighted by molar-refractivity contribution is 9.10. The second-order valence-electron chi connectivity index (χ2n) is 5.43. The zero-order valence-electron chi connectivity index (χ0n) is 12.8. The number of methoxy groups -OCH3 is 2. The van der Waals surface area contributed by atoms with Crippen molar-refractivity contribution in [3.63, 3.8) is 0 Å². The summed E-state index contributed by atoms with van der Waals surface area (Å²) >= 11 is 3.49. The van der Waals surface area contributed by atoms with Crippen LogP contribution in [0.3, 0.4) is 0 Å². The molecule has 0 bridgehead atoms. The van der Waals surface area contributed by atoms with Gasteiger partial charge >= 0.3 is 0 Å². The van der Waals surface area contributed by atoms with Crippen LogP contribution in [-0.2, 0) is 6.54 Å². The van der Waals surface area contributed by atoms with Gasteiger partial charge in [0.2, 0.25) is 0 Å². The largest absolute Gasteiger partial charge is 0.496 e. The lowest BCUT2D eigenvalue weighted by Crippen LogP contribution is -2.29. The second-order valence-corrected chi connectivity index (χ2v) is 6.29. The number of aliphatic hydroxyl groups excluding tert-OH is 1. The molecule has 0 aliphatic carbocycles. The van der Waals surface area contributed by atoms with Gasteiger partial charge in [0.05, 0.1) is 18.7 Å². The van der Waals surface area contributed by atoms with Crippen molar-refractivity contribution in [3.8, 4) is 11.5 Å². The molecule has 0 aromatic heterocycles. The smallest absolute Gasteiger partial charge is 0.133 e. The van der Waals surface area contributed by atoms with Gasteiger partial charge in [0, 0.05) is 24.8 Å². The summed E-state index contributed by atoms with van der Waals surface area (Å²) in [4.78, 5) is 2.49. The highest BCUT2D eigenvalue weighted by Gasteiger charge is 2.25. The molecule has 21 heavy (non-hydrogen) atoms. The van der Waals surface area contributed by atoms with E-state index in [1.165, 1.54) is 12.8 Å². The van der Waals surface area contributed by atoms with E-state index in [-0.39, 0.29) is 6.61 Å². The van der Waals surface area contributed by atoms with Crippen LogP contribution in [-0.4, -0.2) is 43.4 Å². The highest BCUT2D eigenvalue weighted by atomic mass is 79.9. The van der Waals surface area contributed by atoms with Crippen molar-refractivity contribution in [3.05, 3.63) is 22.2 Å². The summed E-state index contributed by atoms with van der Waals surface area (Å²) in [5.74, 6) is 1.72. The predicted molar refractivity (Wildman–Crippen MR) is 87.0 cm³/mol. The molecule has 1 heterocycles. The summed E-state index contributed by atoms with van der Waals surface area (Å²) in [7, 11) is 3.38. The normalized spacial score (nSPS) is 19.0. The first-order valence-electron chi connectivity index (χ1n) is 7.45. The third kappa shape index (κ3) is 4.11. The van der Waals surface area contributed by atoms with E-state index in [4.69, 9.17) is 14.6 Å². The Kier molecular flexibility index (Phi) is 6.33. The van der Waals surface area contributed by atoms with Crippen LogP contribution in [0.4, 0.5) is 0 Å². The third-order valence-electron chi connectivity index (χ3n) is 4.12. The maximum atomic E-state index is 9.02. The zero-order valence-corrected chi connectivity index (χ0v) is 14.4. The Labute approximate surface area is 135 Å². The van der Waals surface area contributed by atoms with Gasteiger partial charge in [-0.1, -0.05) is 0 Å². The van der Waals surface area contributed by atoms with Crippen molar-refractivity contribution in [2.24, 2.45) is 0 Å². The monoisotopic (exact) mass is 357 g/mol. The molecular weight excluding hydrogens is 334 g/mol. The Morgan fingerprint density at radius 1 is 1.29 bits per heavy atom. The summed E-state index contributed by atoms with van der Waals surface area (Å²) in [5.41, 5.74) is 1.15. The first kappa shape index (κ1) is 16.6. The summed E-state index contributed by atoms with van der Waals surface area (Å²) in [5, 5.41) is 9.02. The molecule has 1 atom stereocenters. The molecule has 1 aromatic carbocycles. The summed E-state index contributed by atoms with van der Waals surface area (Å²) < 4.78 is 11.8. The number of nitrogens with zero attached hydrogens (tertiary/aromatic N) is 1. The average molecular weight is 358 g/mol. The van der Waals surface area contributed by atoms with Gasteiger partial charge in [-0.3, -0.25) is 4.90 Å². The van der Waals surface area contributed by atoms with Crippen molar-refractivity contribution in [1.29, 1.82) is 0 Å². The Hall–Kier alpha value is -0.780. The maximum Gasteiger partial charge on any atom is 0.133 e. The number of ether oxygens (including phenoxy) is 2. The lowest BCUT2D eigenvalue weighted by atomic mass is 10.1. The summed E-state index contributed by atoms with van der Waals surface area (Å²) in [6, 6.07) is 4.58. The van der Waals surface area contributed by atoms with Crippen LogP contribution in [0.25, 0.3) is 0 Å². The molecular formula is C16H24BrNO3. The molecule has 1 unspecified atom stereocenters. The van der Waals surface area contributed by atoms with E-state index in [9.17, 15) is 0 Å². The first-order valence-corrected chi connectivity index (χ1v) is 8.24. The number of benzene rings is 1. The van der Waals surface area contributed by atoms with Crippen LogP contribution < -0.4 is 9.47 Å². The van der Waals surface area contributed by atoms with Gasteiger partial charge in [-0.25, -0.2) is 0 Å². The fourth-order valence-corrected chi connectivity index (χ4v) is 3.51. The molecule has 1 N–H and O–H groups in total. The fourth-order valence-electron chi connectivity index (χ4n) is 3.02. The van der Waals surface area contributed by atoms with Crippen molar-refractivity contribution in [2.45, 2.75) is 38.3 Å². The standard InChI is InChI=1S/C16H24BrNO3/c1-20-15-10-14(17)16(21-2)9-12(15)11-18-7-3-5-13(18)6-4-8-19/h9-10,13,19H,3-8,11H2,1-2H3. The SMILES string of the molecule is COc1cc(CN2CCCC2CCCO)c(OC)cc1Br. The van der Waals surface area contributed by atoms with Gasteiger partial charge in [0.15, 0.2) is 0 Å². The fraction of sp³-hybridized carbons (Fsp3) is 0.625. The number of likely N-dealkylation sites (tertiary alicyclic amines) is 1. The van der Waals surface area contributed by atoms with Crippen molar-refractivity contribution in [1.82, 2.24) is 4.90 Å². The molecule has 4 nitrogen and oxygen atoms in total. The number of hydrogen-bond acceptors (Lipinski definition) is 4. The van der Waals surface area contributed by atoms with Crippen LogP contribution in [0.15, 0.2) is 16.6 Å². The number of rotatable bonds is 7. The number of hydrogen-bond donors (Lipinski definition) is 1. The third-order valence-corrected chi connectivity index (χ3v) is 4.74. The Balaban J connectivity index is 2.14. The van der Waals surface area contributed by atoms with Crippen LogP contribution in [0.1, 0.15) is 31.2 Å². The van der Waals surface area contributed by atoms with Crippen LogP contribution in [0.2, 0.25) is 0 Å². The number of halogens is 1. The summed E-state index contributed by atoms with van der Waals surface area (Å²) in [6.07, 6.45) is 4.39. The van der Waals surface area contributed by atoms with Crippen LogP contribution in [0, 0.1) is 0 Å². The lowest BCUT2D eigenvalue weighted by molar-refractivity contribution is 0.208. The second kappa shape index (κ2) is 8.01. The Bertz CT molecular complexity index is 467. The highest BCUT2D eigenvalue weighted by Crippen LogP contribution is 2.34. The quantitative estimate of drug-likeness (QED) is 0.813. The van der Waals surface area contributed by atoms with E-state index in [0.29, 0.717) is 6.04 Å². The molecule has 1 aliphatic heterocycles. The minimum atomic E-state index is 0.278. The molecule has 0 saturated carbocycles. The molecule has 0 amide bonds. The Morgan fingerprint density at radius 2 is 2.05 bits per heavy atom. The first-order chi connectivity index (χ1) is 10.2. The van der Waals surface area contributed by atoms with Gasteiger partial charge in [0.25, 0.3) is 0 Å². The van der Waals surface area contributed by atoms with E-state index in [0.717, 1.165) is 47.5 Å². The molecule has 1 aliphatic rings. The van der Waals surface area contributed by atoms with Gasteiger partial charge in [-0.05, 0) is 60.3 Å². The van der Waals surface area contributed by atoms with E-state index >= 15 is 0 Å². The molecule has 1 saturated heterocycles. The topological polar surface area (TPSA) is 41.9 Å². The number of aliphatic hydroxyl groups is 1. The average Bonchev–Trinajstić information content (AvgIpc) is 2.93. The van der Waals surface area contributed by atoms with Crippen molar-refractivity contribution in [2.75, 3.05) is 27.4 Å². The van der Waals surface area contributed by atoms with Gasteiger partial charge in [0.1, 0.15) is 11.5 Å². The predicted octanol–water partition coefficient (Wildman–Crippen LogP) is 3.20. The molecule has 1 aromatic rings. The minimum absolute atomic E-state index is 0.278. The molecule has 2 rings (SSSR count). The molecule has 1 fully saturated rings. The van der Waals surface area contributed by atoms with E-state index in [1.807, 2.05) is 12.1 Å². The molecule has 118 valence electrons. The lowest BCUT2D eigenvalue weighted by Gasteiger charge is -2.25. The van der Waals surface area contributed by atoms with Gasteiger partial charge in [-0.2, -0.15) is 0 Å². The van der Waals surface area contributed by atoms with Crippen molar-refractivity contribution >= 4 is 15.9 Å². The maximum absolute atomic E-state index is 9.02. The summed E-state index contributed by atoms with van der Waals surface area (Å²) in [6.45, 7) is 2.25. The van der Waals surface area contributed by atoms with Crippen molar-refractivity contribution < 1.29 is 14.6 Å². The van der Waals surface area contributed by atoms with E-state index in [1.54, 1.807) is 14.2 Å². The van der Waals surface area contributed by atoms with E-state index < -0.39 is 0 Å². The van der Waals surface area contributed by atoms with Gasteiger partial charge in [-0.15, -0.1) is 0 Å².